The number of esters is 1. The number of carbonyl (C=O) groups excluding carboxylic acids is 1. The fraction of sp³-hybridized carbons (Fsp3) is 0.739. The van der Waals surface area contributed by atoms with Gasteiger partial charge in [-0.3, -0.25) is 9.59 Å². The molecule has 0 aromatic carbocycles. The molecule has 1 rings (SSSR count). The molecule has 3 N–H and O–H groups in total. The lowest BCUT2D eigenvalue weighted by Crippen LogP contribution is -2.15. The number of aliphatic hydroxyl groups is 2. The van der Waals surface area contributed by atoms with E-state index < -0.39 is 18.2 Å². The molecule has 172 valence electrons. The Labute approximate surface area is 184 Å². The molecule has 0 spiro atoms. The average molecular weight is 443 g/mol. The first kappa shape index (κ1) is 26.7. The van der Waals surface area contributed by atoms with Crippen molar-refractivity contribution in [2.75, 3.05) is 5.75 Å². The Morgan fingerprint density at radius 2 is 1.93 bits per heavy atom. The molecule has 0 heterocycles. The average Bonchev–Trinajstić information content (AvgIpc) is 2.96. The Kier molecular flexibility index (Phi) is 13.1. The van der Waals surface area contributed by atoms with E-state index in [0.717, 1.165) is 42.8 Å². The minimum absolute atomic E-state index is 0.171. The van der Waals surface area contributed by atoms with Gasteiger partial charge in [-0.25, -0.2) is 0 Å². The van der Waals surface area contributed by atoms with Crippen LogP contribution >= 0.6 is 11.8 Å². The number of carboxylic acid groups (broad SMARTS) is 1. The summed E-state index contributed by atoms with van der Waals surface area (Å²) >= 11 is 1.55. The van der Waals surface area contributed by atoms with Crippen molar-refractivity contribution in [2.24, 2.45) is 11.8 Å². The van der Waals surface area contributed by atoms with Crippen LogP contribution in [0.25, 0.3) is 0 Å². The van der Waals surface area contributed by atoms with Crippen molar-refractivity contribution in [3.05, 3.63) is 22.8 Å². The maximum atomic E-state index is 12.1. The van der Waals surface area contributed by atoms with Gasteiger partial charge in [-0.2, -0.15) is 0 Å². The lowest BCUT2D eigenvalue weighted by molar-refractivity contribution is -0.143. The van der Waals surface area contributed by atoms with Gasteiger partial charge in [-0.05, 0) is 25.0 Å². The predicted octanol–water partition coefficient (Wildman–Crippen LogP) is 4.65. The second-order valence-corrected chi connectivity index (χ2v) is 9.30. The molecule has 3 atom stereocenters. The normalized spacial score (nSPS) is 20.3. The van der Waals surface area contributed by atoms with Gasteiger partial charge in [-0.1, -0.05) is 58.6 Å². The van der Waals surface area contributed by atoms with Crippen LogP contribution in [0.4, 0.5) is 0 Å². The molecule has 0 aliphatic heterocycles. The Morgan fingerprint density at radius 3 is 2.57 bits per heavy atom. The predicted molar refractivity (Wildman–Crippen MR) is 120 cm³/mol. The Balaban J connectivity index is 2.77. The fourth-order valence-corrected chi connectivity index (χ4v) is 4.47. The zero-order valence-corrected chi connectivity index (χ0v) is 19.3. The van der Waals surface area contributed by atoms with Crippen LogP contribution in [0.5, 0.6) is 0 Å². The highest BCUT2D eigenvalue weighted by Crippen LogP contribution is 2.41. The molecular weight excluding hydrogens is 404 g/mol. The molecule has 6 nitrogen and oxygen atoms in total. The van der Waals surface area contributed by atoms with Gasteiger partial charge in [0.15, 0.2) is 0 Å². The molecule has 0 unspecified atom stereocenters. The summed E-state index contributed by atoms with van der Waals surface area (Å²) in [4.78, 5) is 23.5. The van der Waals surface area contributed by atoms with Crippen molar-refractivity contribution in [3.8, 4) is 0 Å². The van der Waals surface area contributed by atoms with Crippen LogP contribution in [0.15, 0.2) is 22.8 Å². The number of unbranched alkanes of at least 4 members (excludes halogenated alkanes) is 4. The second kappa shape index (κ2) is 14.7. The van der Waals surface area contributed by atoms with Gasteiger partial charge in [0.25, 0.3) is 0 Å². The molecule has 7 heteroatoms. The van der Waals surface area contributed by atoms with E-state index in [0.29, 0.717) is 18.6 Å². The number of aliphatic carboxylic acids is 1. The van der Waals surface area contributed by atoms with E-state index in [9.17, 15) is 19.8 Å². The molecule has 0 fully saturated rings. The number of thioether (sulfide) groups is 1. The molecule has 1 aliphatic carbocycles. The van der Waals surface area contributed by atoms with E-state index in [1.807, 2.05) is 6.08 Å². The number of carboxylic acids is 1. The van der Waals surface area contributed by atoms with Gasteiger partial charge in [-0.15, -0.1) is 11.8 Å². The molecule has 30 heavy (non-hydrogen) atoms. The van der Waals surface area contributed by atoms with E-state index in [1.165, 1.54) is 0 Å². The minimum atomic E-state index is -0.783. The minimum Gasteiger partial charge on any atom is -0.481 e. The molecule has 0 saturated heterocycles. The number of hydrogen-bond donors (Lipinski definition) is 3. The van der Waals surface area contributed by atoms with Gasteiger partial charge in [0.2, 0.25) is 0 Å². The van der Waals surface area contributed by atoms with Crippen LogP contribution in [0.1, 0.15) is 78.6 Å². The van der Waals surface area contributed by atoms with Crippen LogP contribution in [-0.4, -0.2) is 45.2 Å². The summed E-state index contributed by atoms with van der Waals surface area (Å²) < 4.78 is 5.57. The summed E-state index contributed by atoms with van der Waals surface area (Å²) in [5.74, 6) is -0.382. The van der Waals surface area contributed by atoms with Gasteiger partial charge >= 0.3 is 11.9 Å². The molecular formula is C23H38O6S. The summed E-state index contributed by atoms with van der Waals surface area (Å²) in [7, 11) is 0. The highest BCUT2D eigenvalue weighted by atomic mass is 32.2. The molecule has 0 amide bonds. The lowest BCUT2D eigenvalue weighted by atomic mass is 10.0. The van der Waals surface area contributed by atoms with Crippen molar-refractivity contribution in [1.82, 2.24) is 0 Å². The Hall–Kier alpha value is -1.31. The maximum Gasteiger partial charge on any atom is 0.313 e. The van der Waals surface area contributed by atoms with E-state index in [-0.39, 0.29) is 30.6 Å². The van der Waals surface area contributed by atoms with Gasteiger partial charge in [0.05, 0.1) is 18.1 Å². The zero-order chi connectivity index (χ0) is 22.5. The monoisotopic (exact) mass is 442 g/mol. The summed E-state index contributed by atoms with van der Waals surface area (Å²) in [6.07, 6.45) is 8.92. The van der Waals surface area contributed by atoms with Crippen molar-refractivity contribution in [1.29, 1.82) is 0 Å². The van der Waals surface area contributed by atoms with Crippen molar-refractivity contribution in [3.63, 3.8) is 0 Å². The van der Waals surface area contributed by atoms with E-state index >= 15 is 0 Å². The quantitative estimate of drug-likeness (QED) is 0.193. The lowest BCUT2D eigenvalue weighted by Gasteiger charge is -2.15. The number of ether oxygens (including phenoxy) is 1. The van der Waals surface area contributed by atoms with Crippen molar-refractivity contribution < 1.29 is 29.6 Å². The number of rotatable bonds is 15. The van der Waals surface area contributed by atoms with Crippen molar-refractivity contribution >= 4 is 23.7 Å². The van der Waals surface area contributed by atoms with E-state index in [2.05, 4.69) is 6.92 Å². The Bertz CT molecular complexity index is 599. The van der Waals surface area contributed by atoms with Crippen LogP contribution in [0.3, 0.4) is 0 Å². The summed E-state index contributed by atoms with van der Waals surface area (Å²) in [5, 5.41) is 29.5. The first-order valence-corrected chi connectivity index (χ1v) is 12.1. The second-order valence-electron chi connectivity index (χ2n) is 8.16. The summed E-state index contributed by atoms with van der Waals surface area (Å²) in [6, 6.07) is 0. The molecule has 0 aromatic rings. The number of hydrogen-bond acceptors (Lipinski definition) is 6. The van der Waals surface area contributed by atoms with Crippen LogP contribution < -0.4 is 0 Å². The topological polar surface area (TPSA) is 104 Å². The highest BCUT2D eigenvalue weighted by Gasteiger charge is 2.35. The third-order valence-corrected chi connectivity index (χ3v) is 6.32. The molecule has 0 saturated carbocycles. The van der Waals surface area contributed by atoms with Crippen LogP contribution in [0, 0.1) is 11.8 Å². The van der Waals surface area contributed by atoms with Gasteiger partial charge < -0.3 is 20.1 Å². The standard InChI is InChI=1S/C23H38O6S/c1-4-5-7-10-17(24)12-13-18-19(25)15-20(29-23(28)16(2)3)22(18)30-14-9-6-8-11-21(26)27/h12-13,16-19,24-25H,4-11,14-15H2,1-3H3,(H,26,27)/b13-12+/t17-,18-,19+/m0/s1. The van der Waals surface area contributed by atoms with Gasteiger partial charge in [0, 0.05) is 23.7 Å². The Morgan fingerprint density at radius 1 is 1.20 bits per heavy atom. The molecule has 1 aliphatic rings. The molecule has 0 bridgehead atoms. The number of aliphatic hydroxyl groups excluding tert-OH is 2. The van der Waals surface area contributed by atoms with Crippen LogP contribution in [0.2, 0.25) is 0 Å². The zero-order valence-electron chi connectivity index (χ0n) is 18.5. The van der Waals surface area contributed by atoms with Gasteiger partial charge in [0.1, 0.15) is 5.76 Å². The SMILES string of the molecule is CCCCC[C@H](O)/C=C/[C@@H]1C(SCCCCCC(=O)O)=C(OC(=O)C(C)C)C[C@H]1O. The highest BCUT2D eigenvalue weighted by molar-refractivity contribution is 8.03. The van der Waals surface area contributed by atoms with Crippen LogP contribution in [-0.2, 0) is 14.3 Å². The number of carbonyl (C=O) groups is 2. The summed E-state index contributed by atoms with van der Waals surface area (Å²) in [5.41, 5.74) is 0. The first-order chi connectivity index (χ1) is 14.3. The third-order valence-electron chi connectivity index (χ3n) is 5.02. The first-order valence-electron chi connectivity index (χ1n) is 11.1. The fourth-order valence-electron chi connectivity index (χ4n) is 3.19. The largest absolute Gasteiger partial charge is 0.481 e. The van der Waals surface area contributed by atoms with E-state index in [1.54, 1.807) is 31.7 Å². The molecule has 0 aromatic heterocycles. The maximum absolute atomic E-state index is 12.1. The van der Waals surface area contributed by atoms with Crippen molar-refractivity contribution in [2.45, 2.75) is 90.8 Å². The molecule has 0 radical (unpaired) electrons. The van der Waals surface area contributed by atoms with E-state index in [4.69, 9.17) is 9.84 Å². The summed E-state index contributed by atoms with van der Waals surface area (Å²) in [6.45, 7) is 5.66. The third kappa shape index (κ3) is 10.1. The smallest absolute Gasteiger partial charge is 0.313 e.